The van der Waals surface area contributed by atoms with Crippen LogP contribution in [0.15, 0.2) is 59.5 Å². The third-order valence-electron chi connectivity index (χ3n) is 3.21. The maximum absolute atomic E-state index is 12.1. The highest BCUT2D eigenvalue weighted by atomic mass is 32.2. The highest BCUT2D eigenvalue weighted by molar-refractivity contribution is 7.89. The van der Waals surface area contributed by atoms with Crippen molar-refractivity contribution in [3.8, 4) is 5.75 Å². The highest BCUT2D eigenvalue weighted by Gasteiger charge is 2.15. The number of rotatable bonds is 9. The summed E-state index contributed by atoms with van der Waals surface area (Å²) in [6, 6.07) is 13.3. The molecule has 0 radical (unpaired) electrons. The van der Waals surface area contributed by atoms with Gasteiger partial charge in [-0.15, -0.1) is 0 Å². The lowest BCUT2D eigenvalue weighted by atomic mass is 10.3. The molecule has 2 aromatic carbocycles. The number of para-hydroxylation sites is 1. The van der Waals surface area contributed by atoms with Gasteiger partial charge in [0.25, 0.3) is 11.6 Å². The zero-order valence-electron chi connectivity index (χ0n) is 13.6. The summed E-state index contributed by atoms with van der Waals surface area (Å²) in [5, 5.41) is 13.1. The molecule has 0 aromatic heterocycles. The van der Waals surface area contributed by atoms with Crippen LogP contribution in [0.1, 0.15) is 0 Å². The normalized spacial score (nSPS) is 10.9. The number of nitrogens with one attached hydrogen (secondary N) is 2. The zero-order chi connectivity index (χ0) is 19.0. The molecule has 2 aromatic rings. The van der Waals surface area contributed by atoms with E-state index in [4.69, 9.17) is 4.74 Å². The number of ether oxygens (including phenoxy) is 1. The first-order valence-corrected chi connectivity index (χ1v) is 9.05. The van der Waals surface area contributed by atoms with Crippen LogP contribution in [-0.2, 0) is 14.8 Å². The number of hydrogen-bond donors (Lipinski definition) is 2. The van der Waals surface area contributed by atoms with Crippen LogP contribution in [0, 0.1) is 10.1 Å². The second kappa shape index (κ2) is 8.92. The molecule has 9 nitrogen and oxygen atoms in total. The Morgan fingerprint density at radius 2 is 1.69 bits per heavy atom. The molecule has 26 heavy (non-hydrogen) atoms. The van der Waals surface area contributed by atoms with E-state index in [1.165, 1.54) is 0 Å². The Morgan fingerprint density at radius 3 is 2.31 bits per heavy atom. The van der Waals surface area contributed by atoms with Crippen LogP contribution >= 0.6 is 0 Å². The number of carbonyl (C=O) groups is 1. The van der Waals surface area contributed by atoms with Crippen molar-refractivity contribution in [1.82, 2.24) is 10.0 Å². The van der Waals surface area contributed by atoms with Crippen LogP contribution in [0.25, 0.3) is 0 Å². The van der Waals surface area contributed by atoms with Crippen LogP contribution in [0.2, 0.25) is 0 Å². The second-order valence-corrected chi connectivity index (χ2v) is 6.87. The van der Waals surface area contributed by atoms with Gasteiger partial charge in [0.15, 0.2) is 6.61 Å². The van der Waals surface area contributed by atoms with Crippen molar-refractivity contribution in [3.05, 3.63) is 64.7 Å². The summed E-state index contributed by atoms with van der Waals surface area (Å²) in [6.07, 6.45) is 0. The summed E-state index contributed by atoms with van der Waals surface area (Å²) in [5.41, 5.74) is -0.199. The SMILES string of the molecule is O=C(COc1ccccc1)NCCNS(=O)(=O)c1ccc([N+](=O)[O-])cc1. The van der Waals surface area contributed by atoms with Gasteiger partial charge in [-0.1, -0.05) is 18.2 Å². The lowest BCUT2D eigenvalue weighted by molar-refractivity contribution is -0.384. The topological polar surface area (TPSA) is 128 Å². The minimum Gasteiger partial charge on any atom is -0.484 e. The largest absolute Gasteiger partial charge is 0.484 e. The number of nitrogens with zero attached hydrogens (tertiary/aromatic N) is 1. The molecule has 0 atom stereocenters. The maximum atomic E-state index is 12.1. The van der Waals surface area contributed by atoms with E-state index in [2.05, 4.69) is 10.0 Å². The summed E-state index contributed by atoms with van der Waals surface area (Å²) < 4.78 is 31.7. The molecule has 2 rings (SSSR count). The first kappa shape index (κ1) is 19.3. The van der Waals surface area contributed by atoms with E-state index < -0.39 is 14.9 Å². The van der Waals surface area contributed by atoms with Crippen molar-refractivity contribution in [2.24, 2.45) is 0 Å². The van der Waals surface area contributed by atoms with Crippen LogP contribution in [0.4, 0.5) is 5.69 Å². The maximum Gasteiger partial charge on any atom is 0.269 e. The van der Waals surface area contributed by atoms with Crippen molar-refractivity contribution in [1.29, 1.82) is 0 Å². The van der Waals surface area contributed by atoms with Gasteiger partial charge in [-0.3, -0.25) is 14.9 Å². The van der Waals surface area contributed by atoms with E-state index in [0.717, 1.165) is 24.3 Å². The van der Waals surface area contributed by atoms with E-state index in [1.807, 2.05) is 6.07 Å². The van der Waals surface area contributed by atoms with Gasteiger partial charge < -0.3 is 10.1 Å². The Labute approximate surface area is 150 Å². The fourth-order valence-corrected chi connectivity index (χ4v) is 2.97. The number of nitro benzene ring substituents is 1. The molecule has 0 aliphatic heterocycles. The quantitative estimate of drug-likeness (QED) is 0.381. The molecule has 0 unspecified atom stereocenters. The van der Waals surface area contributed by atoms with Gasteiger partial charge >= 0.3 is 0 Å². The first-order valence-electron chi connectivity index (χ1n) is 7.57. The average Bonchev–Trinajstić information content (AvgIpc) is 2.64. The van der Waals surface area contributed by atoms with Gasteiger partial charge in [0, 0.05) is 25.2 Å². The van der Waals surface area contributed by atoms with Gasteiger partial charge in [0.2, 0.25) is 10.0 Å². The molecule has 0 aliphatic carbocycles. The molecule has 0 bridgehead atoms. The predicted octanol–water partition coefficient (Wildman–Crippen LogP) is 1.07. The number of amides is 1. The van der Waals surface area contributed by atoms with E-state index in [0.29, 0.717) is 5.75 Å². The number of hydrogen-bond acceptors (Lipinski definition) is 6. The molecular formula is C16H17N3O6S. The zero-order valence-corrected chi connectivity index (χ0v) is 14.4. The average molecular weight is 379 g/mol. The molecule has 2 N–H and O–H groups in total. The standard InChI is InChI=1S/C16H17N3O6S/c20-16(12-25-14-4-2-1-3-5-14)17-10-11-18-26(23,24)15-8-6-13(7-9-15)19(21)22/h1-9,18H,10-12H2,(H,17,20). The fourth-order valence-electron chi connectivity index (χ4n) is 1.93. The molecule has 0 saturated carbocycles. The Morgan fingerprint density at radius 1 is 1.04 bits per heavy atom. The Kier molecular flexibility index (Phi) is 6.64. The minimum atomic E-state index is -3.81. The fraction of sp³-hybridized carbons (Fsp3) is 0.188. The third kappa shape index (κ3) is 5.83. The van der Waals surface area contributed by atoms with Crippen LogP contribution in [0.3, 0.4) is 0 Å². The summed E-state index contributed by atoms with van der Waals surface area (Å²) in [7, 11) is -3.81. The van der Waals surface area contributed by atoms with Crippen LogP contribution in [-0.4, -0.2) is 38.9 Å². The molecule has 0 saturated heterocycles. The molecular weight excluding hydrogens is 362 g/mol. The molecule has 138 valence electrons. The van der Waals surface area contributed by atoms with Gasteiger partial charge in [-0.05, 0) is 24.3 Å². The van der Waals surface area contributed by atoms with E-state index in [1.54, 1.807) is 24.3 Å². The molecule has 0 spiro atoms. The molecule has 0 heterocycles. The number of carbonyl (C=O) groups excluding carboxylic acids is 1. The van der Waals surface area contributed by atoms with E-state index in [9.17, 15) is 23.3 Å². The van der Waals surface area contributed by atoms with Gasteiger partial charge in [0.05, 0.1) is 9.82 Å². The molecule has 0 aliphatic rings. The van der Waals surface area contributed by atoms with Gasteiger partial charge in [-0.2, -0.15) is 0 Å². The van der Waals surface area contributed by atoms with E-state index in [-0.39, 0.29) is 36.2 Å². The smallest absolute Gasteiger partial charge is 0.269 e. The summed E-state index contributed by atoms with van der Waals surface area (Å²) in [5.74, 6) is 0.171. The van der Waals surface area contributed by atoms with E-state index >= 15 is 0 Å². The summed E-state index contributed by atoms with van der Waals surface area (Å²) in [6.45, 7) is -0.140. The van der Waals surface area contributed by atoms with Gasteiger partial charge in [-0.25, -0.2) is 13.1 Å². The molecule has 1 amide bonds. The molecule has 0 fully saturated rings. The number of benzene rings is 2. The summed E-state index contributed by atoms with van der Waals surface area (Å²) >= 11 is 0. The van der Waals surface area contributed by atoms with Crippen LogP contribution in [0.5, 0.6) is 5.75 Å². The lowest BCUT2D eigenvalue weighted by Crippen LogP contribution is -2.36. The van der Waals surface area contributed by atoms with Crippen molar-refractivity contribution >= 4 is 21.6 Å². The van der Waals surface area contributed by atoms with Crippen LogP contribution < -0.4 is 14.8 Å². The number of non-ortho nitro benzene ring substituents is 1. The van der Waals surface area contributed by atoms with Gasteiger partial charge in [0.1, 0.15) is 5.75 Å². The predicted molar refractivity (Wildman–Crippen MR) is 93.2 cm³/mol. The monoisotopic (exact) mass is 379 g/mol. The van der Waals surface area contributed by atoms with Crippen molar-refractivity contribution < 1.29 is 22.9 Å². The lowest BCUT2D eigenvalue weighted by Gasteiger charge is -2.09. The Bertz CT molecular complexity index is 853. The second-order valence-electron chi connectivity index (χ2n) is 5.10. The Balaban J connectivity index is 1.74. The third-order valence-corrected chi connectivity index (χ3v) is 4.69. The minimum absolute atomic E-state index is 0.0314. The number of sulfonamides is 1. The van der Waals surface area contributed by atoms with Crippen molar-refractivity contribution in [2.45, 2.75) is 4.90 Å². The Hall–Kier alpha value is -2.98. The number of nitro groups is 1. The highest BCUT2D eigenvalue weighted by Crippen LogP contribution is 2.15. The molecule has 10 heteroatoms. The summed E-state index contributed by atoms with van der Waals surface area (Å²) in [4.78, 5) is 21.5. The van der Waals surface area contributed by atoms with Crippen molar-refractivity contribution in [2.75, 3.05) is 19.7 Å². The first-order chi connectivity index (χ1) is 12.4. The van der Waals surface area contributed by atoms with Crippen molar-refractivity contribution in [3.63, 3.8) is 0 Å².